The molecule has 0 aromatic heterocycles. The molecular weight excluding hydrogens is 272 g/mol. The van der Waals surface area contributed by atoms with Gasteiger partial charge in [-0.05, 0) is 19.8 Å². The zero-order valence-corrected chi connectivity index (χ0v) is 13.3. The highest BCUT2D eigenvalue weighted by Gasteiger charge is 2.35. The third-order valence-corrected chi connectivity index (χ3v) is 4.65. The van der Waals surface area contributed by atoms with Gasteiger partial charge >= 0.3 is 0 Å². The van der Waals surface area contributed by atoms with Crippen molar-refractivity contribution >= 4 is 11.6 Å². The van der Waals surface area contributed by atoms with Crippen molar-refractivity contribution in [2.24, 2.45) is 5.41 Å². The monoisotopic (exact) mass is 292 g/mol. The lowest BCUT2D eigenvalue weighted by molar-refractivity contribution is -0.116. The van der Waals surface area contributed by atoms with Gasteiger partial charge < -0.3 is 0 Å². The summed E-state index contributed by atoms with van der Waals surface area (Å²) < 4.78 is 0. The molecule has 2 nitrogen and oxygen atoms in total. The third kappa shape index (κ3) is 2.29. The number of ketones is 2. The molecule has 3 aliphatic carbocycles. The fourth-order valence-corrected chi connectivity index (χ4v) is 3.03. The molecule has 0 aliphatic heterocycles. The minimum atomic E-state index is -0.194. The highest BCUT2D eigenvalue weighted by atomic mass is 16.1. The Hall–Kier alpha value is -2.22. The first-order chi connectivity index (χ1) is 10.4. The zero-order valence-electron chi connectivity index (χ0n) is 13.3. The van der Waals surface area contributed by atoms with Crippen molar-refractivity contribution in [2.75, 3.05) is 0 Å². The van der Waals surface area contributed by atoms with Crippen LogP contribution in [0.1, 0.15) is 33.6 Å². The predicted octanol–water partition coefficient (Wildman–Crippen LogP) is 4.18. The number of hydrogen-bond donors (Lipinski definition) is 0. The molecule has 0 aromatic carbocycles. The maximum absolute atomic E-state index is 13.0. The topological polar surface area (TPSA) is 34.1 Å². The number of carbonyl (C=O) groups excluding carboxylic acids is 2. The van der Waals surface area contributed by atoms with Gasteiger partial charge in [0.15, 0.2) is 11.6 Å². The van der Waals surface area contributed by atoms with Crippen molar-refractivity contribution < 1.29 is 9.59 Å². The molecule has 0 spiro atoms. The van der Waals surface area contributed by atoms with Crippen LogP contribution in [0.3, 0.4) is 0 Å². The van der Waals surface area contributed by atoms with Crippen LogP contribution in [0.4, 0.5) is 0 Å². The minimum absolute atomic E-state index is 0.0323. The summed E-state index contributed by atoms with van der Waals surface area (Å²) in [6, 6.07) is 0. The van der Waals surface area contributed by atoms with E-state index in [0.717, 1.165) is 18.4 Å². The lowest BCUT2D eigenvalue weighted by atomic mass is 9.78. The highest BCUT2D eigenvalue weighted by Crippen LogP contribution is 2.38. The normalized spacial score (nSPS) is 27.5. The van der Waals surface area contributed by atoms with Gasteiger partial charge in [-0.1, -0.05) is 62.0 Å². The number of rotatable bonds is 1. The Morgan fingerprint density at radius 1 is 1.14 bits per heavy atom. The first-order valence-electron chi connectivity index (χ1n) is 7.75. The van der Waals surface area contributed by atoms with E-state index in [1.165, 1.54) is 0 Å². The van der Waals surface area contributed by atoms with Gasteiger partial charge in [0, 0.05) is 27.7 Å². The average Bonchev–Trinajstić information content (AvgIpc) is 2.79. The largest absolute Gasteiger partial charge is 0.289 e. The van der Waals surface area contributed by atoms with Crippen LogP contribution in [-0.2, 0) is 9.59 Å². The van der Waals surface area contributed by atoms with Crippen LogP contribution in [0.15, 0.2) is 70.4 Å². The predicted molar refractivity (Wildman–Crippen MR) is 88.3 cm³/mol. The Bertz CT molecular complexity index is 751. The highest BCUT2D eigenvalue weighted by molar-refractivity contribution is 6.31. The molecule has 3 aliphatic rings. The quantitative estimate of drug-likeness (QED) is 0.726. The second-order valence-electron chi connectivity index (χ2n) is 6.44. The molecule has 0 saturated carbocycles. The lowest BCUT2D eigenvalue weighted by Crippen LogP contribution is -2.24. The molecule has 0 amide bonds. The Kier molecular flexibility index (Phi) is 3.48. The standard InChI is InChI=1S/C20H20O2/c1-4-20(3)10-6-9-15-17(12-20)19(22)16-11-13(2)7-5-8-14(16)18(15)21/h5-6,8-12H,4,7H2,1-3H3. The lowest BCUT2D eigenvalue weighted by Gasteiger charge is -2.23. The fourth-order valence-electron chi connectivity index (χ4n) is 3.03. The van der Waals surface area contributed by atoms with Crippen molar-refractivity contribution in [2.45, 2.75) is 33.6 Å². The van der Waals surface area contributed by atoms with Gasteiger partial charge in [-0.15, -0.1) is 0 Å². The summed E-state index contributed by atoms with van der Waals surface area (Å²) in [7, 11) is 0. The molecule has 112 valence electrons. The molecule has 0 heterocycles. The SMILES string of the molecule is CCC1(C)C=CC=C2C(=O)C3=C(C=C(C)CC=C3)C(=O)C2=C1. The second-order valence-corrected chi connectivity index (χ2v) is 6.44. The molecule has 0 aromatic rings. The summed E-state index contributed by atoms with van der Waals surface area (Å²) >= 11 is 0. The van der Waals surface area contributed by atoms with Gasteiger partial charge in [0.05, 0.1) is 0 Å². The molecule has 0 bridgehead atoms. The van der Waals surface area contributed by atoms with Crippen molar-refractivity contribution in [3.8, 4) is 0 Å². The van der Waals surface area contributed by atoms with E-state index in [0.29, 0.717) is 22.3 Å². The van der Waals surface area contributed by atoms with Crippen molar-refractivity contribution in [1.29, 1.82) is 0 Å². The molecular formula is C20H20O2. The van der Waals surface area contributed by atoms with Gasteiger partial charge in [-0.2, -0.15) is 0 Å². The Balaban J connectivity index is 2.23. The number of allylic oxidation sites excluding steroid dienone is 12. The molecule has 22 heavy (non-hydrogen) atoms. The van der Waals surface area contributed by atoms with Gasteiger partial charge in [0.25, 0.3) is 0 Å². The van der Waals surface area contributed by atoms with E-state index in [2.05, 4.69) is 19.9 Å². The molecule has 2 heteroatoms. The van der Waals surface area contributed by atoms with Crippen LogP contribution in [0.2, 0.25) is 0 Å². The molecule has 1 unspecified atom stereocenters. The van der Waals surface area contributed by atoms with E-state index in [1.54, 1.807) is 12.2 Å². The summed E-state index contributed by atoms with van der Waals surface area (Å²) in [6.07, 6.45) is 15.0. The summed E-state index contributed by atoms with van der Waals surface area (Å²) in [6.45, 7) is 6.16. The second kappa shape index (κ2) is 5.20. The van der Waals surface area contributed by atoms with E-state index in [4.69, 9.17) is 0 Å². The Morgan fingerprint density at radius 2 is 1.86 bits per heavy atom. The Morgan fingerprint density at radius 3 is 2.59 bits per heavy atom. The van der Waals surface area contributed by atoms with Crippen molar-refractivity contribution in [1.82, 2.24) is 0 Å². The van der Waals surface area contributed by atoms with E-state index in [-0.39, 0.29) is 17.0 Å². The summed E-state index contributed by atoms with van der Waals surface area (Å²) in [5, 5.41) is 0. The van der Waals surface area contributed by atoms with Gasteiger partial charge in [-0.3, -0.25) is 9.59 Å². The maximum Gasteiger partial charge on any atom is 0.194 e. The number of fused-ring (bicyclic) bond motifs is 1. The third-order valence-electron chi connectivity index (χ3n) is 4.65. The van der Waals surface area contributed by atoms with Crippen molar-refractivity contribution in [3.05, 3.63) is 70.4 Å². The number of hydrogen-bond acceptors (Lipinski definition) is 2. The van der Waals surface area contributed by atoms with Gasteiger partial charge in [0.2, 0.25) is 0 Å². The van der Waals surface area contributed by atoms with Gasteiger partial charge in [-0.25, -0.2) is 0 Å². The average molecular weight is 292 g/mol. The van der Waals surface area contributed by atoms with E-state index in [1.807, 2.05) is 31.2 Å². The zero-order chi connectivity index (χ0) is 15.9. The van der Waals surface area contributed by atoms with Crippen LogP contribution in [-0.4, -0.2) is 11.6 Å². The number of carbonyl (C=O) groups is 2. The smallest absolute Gasteiger partial charge is 0.194 e. The molecule has 0 fully saturated rings. The number of Topliss-reactive ketones (excluding diaryl/α,β-unsaturated/α-hetero) is 2. The van der Waals surface area contributed by atoms with Crippen LogP contribution in [0.5, 0.6) is 0 Å². The fraction of sp³-hybridized carbons (Fsp3) is 0.300. The summed E-state index contributed by atoms with van der Waals surface area (Å²) in [5.74, 6) is -0.0804. The minimum Gasteiger partial charge on any atom is -0.289 e. The molecule has 0 saturated heterocycles. The molecule has 0 radical (unpaired) electrons. The van der Waals surface area contributed by atoms with Crippen molar-refractivity contribution in [3.63, 3.8) is 0 Å². The van der Waals surface area contributed by atoms with E-state index in [9.17, 15) is 9.59 Å². The molecule has 0 N–H and O–H groups in total. The van der Waals surface area contributed by atoms with Crippen LogP contribution < -0.4 is 0 Å². The summed E-state index contributed by atoms with van der Waals surface area (Å²) in [4.78, 5) is 25.8. The van der Waals surface area contributed by atoms with E-state index >= 15 is 0 Å². The Labute approximate surface area is 131 Å². The first kappa shape index (κ1) is 14.7. The van der Waals surface area contributed by atoms with E-state index < -0.39 is 0 Å². The molecule has 3 rings (SSSR count). The first-order valence-corrected chi connectivity index (χ1v) is 7.75. The van der Waals surface area contributed by atoms with Gasteiger partial charge in [0.1, 0.15) is 0 Å². The maximum atomic E-state index is 13.0. The van der Waals surface area contributed by atoms with Crippen LogP contribution in [0, 0.1) is 5.41 Å². The van der Waals surface area contributed by atoms with Crippen LogP contribution >= 0.6 is 0 Å². The van der Waals surface area contributed by atoms with Crippen LogP contribution in [0.25, 0.3) is 0 Å². The molecule has 1 atom stereocenters. The summed E-state index contributed by atoms with van der Waals surface area (Å²) in [5.41, 5.74) is 3.05.